The highest BCUT2D eigenvalue weighted by molar-refractivity contribution is 7.07. The van der Waals surface area contributed by atoms with Crippen molar-refractivity contribution in [3.63, 3.8) is 0 Å². The molecule has 4 rings (SSSR count). The Labute approximate surface area is 175 Å². The molecule has 1 saturated carbocycles. The van der Waals surface area contributed by atoms with Crippen molar-refractivity contribution in [2.75, 3.05) is 32.8 Å². The van der Waals surface area contributed by atoms with Gasteiger partial charge in [-0.25, -0.2) is 4.98 Å². The zero-order chi connectivity index (χ0) is 20.1. The number of hydrogen-bond acceptors (Lipinski definition) is 6. The minimum atomic E-state index is -0.354. The molecule has 1 aliphatic heterocycles. The van der Waals surface area contributed by atoms with Gasteiger partial charge in [-0.15, -0.1) is 11.3 Å². The van der Waals surface area contributed by atoms with E-state index in [-0.39, 0.29) is 23.5 Å². The quantitative estimate of drug-likeness (QED) is 0.734. The van der Waals surface area contributed by atoms with Crippen LogP contribution in [0.3, 0.4) is 0 Å². The Morgan fingerprint density at radius 3 is 2.72 bits per heavy atom. The van der Waals surface area contributed by atoms with Gasteiger partial charge in [0.2, 0.25) is 0 Å². The summed E-state index contributed by atoms with van der Waals surface area (Å²) in [6.07, 6.45) is 3.04. The Hall–Kier alpha value is -1.80. The van der Waals surface area contributed by atoms with Crippen LogP contribution in [-0.4, -0.2) is 65.9 Å². The van der Waals surface area contributed by atoms with Crippen LogP contribution in [0.1, 0.15) is 41.7 Å². The third-order valence-electron chi connectivity index (χ3n) is 6.43. The van der Waals surface area contributed by atoms with Crippen molar-refractivity contribution < 1.29 is 14.6 Å². The zero-order valence-electron chi connectivity index (χ0n) is 16.6. The SMILES string of the molecule is O=C(NC[C@]1(c2ccccc2)CC[C@@H](O)[C@H](N2CCOCC2)CC1)c1cscn1. The fraction of sp³-hybridized carbons (Fsp3) is 0.545. The van der Waals surface area contributed by atoms with Crippen molar-refractivity contribution in [3.8, 4) is 0 Å². The number of aliphatic hydroxyl groups excluding tert-OH is 1. The first-order valence-corrected chi connectivity index (χ1v) is 11.3. The normalized spacial score (nSPS) is 28.6. The molecule has 3 atom stereocenters. The molecule has 1 aromatic heterocycles. The summed E-state index contributed by atoms with van der Waals surface area (Å²) in [4.78, 5) is 19.1. The van der Waals surface area contributed by atoms with E-state index in [1.807, 2.05) is 6.07 Å². The molecule has 2 N–H and O–H groups in total. The van der Waals surface area contributed by atoms with Gasteiger partial charge in [0.15, 0.2) is 0 Å². The predicted molar refractivity (Wildman–Crippen MR) is 113 cm³/mol. The monoisotopic (exact) mass is 415 g/mol. The van der Waals surface area contributed by atoms with E-state index in [0.29, 0.717) is 12.2 Å². The van der Waals surface area contributed by atoms with Gasteiger partial charge in [0, 0.05) is 36.5 Å². The maximum Gasteiger partial charge on any atom is 0.270 e. The van der Waals surface area contributed by atoms with Crippen molar-refractivity contribution in [2.24, 2.45) is 0 Å². The van der Waals surface area contributed by atoms with Gasteiger partial charge in [-0.05, 0) is 31.2 Å². The molecule has 6 nitrogen and oxygen atoms in total. The number of aromatic nitrogens is 1. The van der Waals surface area contributed by atoms with Crippen LogP contribution in [0, 0.1) is 0 Å². The lowest BCUT2D eigenvalue weighted by atomic mass is 9.74. The number of nitrogens with zero attached hydrogens (tertiary/aromatic N) is 2. The van der Waals surface area contributed by atoms with Crippen molar-refractivity contribution in [3.05, 3.63) is 52.5 Å². The molecule has 0 radical (unpaired) electrons. The van der Waals surface area contributed by atoms with E-state index in [1.54, 1.807) is 10.9 Å². The van der Waals surface area contributed by atoms with Gasteiger partial charge < -0.3 is 15.2 Å². The molecule has 156 valence electrons. The summed E-state index contributed by atoms with van der Waals surface area (Å²) in [5.41, 5.74) is 3.19. The second kappa shape index (κ2) is 9.34. The fourth-order valence-electron chi connectivity index (χ4n) is 4.72. The van der Waals surface area contributed by atoms with Gasteiger partial charge in [0.25, 0.3) is 5.91 Å². The molecule has 2 fully saturated rings. The number of nitrogens with one attached hydrogen (secondary N) is 1. The Morgan fingerprint density at radius 1 is 1.24 bits per heavy atom. The van der Waals surface area contributed by atoms with E-state index in [4.69, 9.17) is 4.74 Å². The van der Waals surface area contributed by atoms with Crippen molar-refractivity contribution in [1.29, 1.82) is 0 Å². The maximum atomic E-state index is 12.5. The molecule has 1 aromatic carbocycles. The molecule has 2 heterocycles. The molecular formula is C22H29N3O3S. The number of hydrogen-bond donors (Lipinski definition) is 2. The summed E-state index contributed by atoms with van der Waals surface area (Å²) in [6, 6.07) is 10.6. The summed E-state index contributed by atoms with van der Waals surface area (Å²) in [5.74, 6) is -0.129. The average Bonchev–Trinajstić information content (AvgIpc) is 3.26. The largest absolute Gasteiger partial charge is 0.391 e. The minimum Gasteiger partial charge on any atom is -0.391 e. The number of aliphatic hydroxyl groups is 1. The average molecular weight is 416 g/mol. The molecule has 29 heavy (non-hydrogen) atoms. The second-order valence-corrected chi connectivity index (χ2v) is 8.78. The number of rotatable bonds is 5. The van der Waals surface area contributed by atoms with E-state index in [9.17, 15) is 9.90 Å². The van der Waals surface area contributed by atoms with E-state index >= 15 is 0 Å². The van der Waals surface area contributed by atoms with E-state index in [0.717, 1.165) is 52.0 Å². The maximum absolute atomic E-state index is 12.5. The third-order valence-corrected chi connectivity index (χ3v) is 7.02. The molecule has 0 bridgehead atoms. The summed E-state index contributed by atoms with van der Waals surface area (Å²) in [6.45, 7) is 3.77. The highest BCUT2D eigenvalue weighted by atomic mass is 32.1. The molecule has 2 aromatic rings. The molecule has 0 unspecified atom stereocenters. The first-order valence-electron chi connectivity index (χ1n) is 10.4. The first kappa shape index (κ1) is 20.5. The number of ether oxygens (including phenoxy) is 1. The van der Waals surface area contributed by atoms with Crippen LogP contribution in [0.5, 0.6) is 0 Å². The van der Waals surface area contributed by atoms with E-state index < -0.39 is 0 Å². The van der Waals surface area contributed by atoms with Crippen LogP contribution in [0.4, 0.5) is 0 Å². The van der Waals surface area contributed by atoms with E-state index in [1.165, 1.54) is 16.9 Å². The van der Waals surface area contributed by atoms with Gasteiger partial charge in [-0.1, -0.05) is 30.3 Å². The molecule has 2 aliphatic rings. The Bertz CT molecular complexity index is 780. The minimum absolute atomic E-state index is 0.129. The smallest absolute Gasteiger partial charge is 0.270 e. The summed E-state index contributed by atoms with van der Waals surface area (Å²) >= 11 is 1.42. The van der Waals surface area contributed by atoms with Crippen molar-refractivity contribution >= 4 is 17.2 Å². The van der Waals surface area contributed by atoms with Crippen LogP contribution in [-0.2, 0) is 10.2 Å². The summed E-state index contributed by atoms with van der Waals surface area (Å²) in [5, 5.41) is 15.8. The number of carbonyl (C=O) groups is 1. The molecule has 1 aliphatic carbocycles. The van der Waals surface area contributed by atoms with Gasteiger partial charge in [-0.3, -0.25) is 9.69 Å². The number of morpholine rings is 1. The third kappa shape index (κ3) is 4.69. The lowest BCUT2D eigenvalue weighted by molar-refractivity contribution is -0.0236. The number of thiazole rings is 1. The zero-order valence-corrected chi connectivity index (χ0v) is 17.4. The highest BCUT2D eigenvalue weighted by Crippen LogP contribution is 2.39. The van der Waals surface area contributed by atoms with Gasteiger partial charge in [0.1, 0.15) is 5.69 Å². The molecule has 0 spiro atoms. The van der Waals surface area contributed by atoms with Crippen LogP contribution in [0.2, 0.25) is 0 Å². The van der Waals surface area contributed by atoms with Crippen molar-refractivity contribution in [2.45, 2.75) is 43.2 Å². The number of amides is 1. The molecule has 1 saturated heterocycles. The Kier molecular flexibility index (Phi) is 6.60. The molecular weight excluding hydrogens is 386 g/mol. The number of benzene rings is 1. The summed E-state index contributed by atoms with van der Waals surface area (Å²) < 4.78 is 5.49. The van der Waals surface area contributed by atoms with Gasteiger partial charge in [0.05, 0.1) is 24.8 Å². The fourth-order valence-corrected chi connectivity index (χ4v) is 5.25. The van der Waals surface area contributed by atoms with E-state index in [2.05, 4.69) is 39.5 Å². The second-order valence-electron chi connectivity index (χ2n) is 8.06. The van der Waals surface area contributed by atoms with Crippen LogP contribution < -0.4 is 5.32 Å². The lowest BCUT2D eigenvalue weighted by Gasteiger charge is -2.37. The molecule has 1 amide bonds. The predicted octanol–water partition coefficient (Wildman–Crippen LogP) is 2.45. The highest BCUT2D eigenvalue weighted by Gasteiger charge is 2.40. The van der Waals surface area contributed by atoms with Crippen LogP contribution >= 0.6 is 11.3 Å². The van der Waals surface area contributed by atoms with Gasteiger partial charge in [-0.2, -0.15) is 0 Å². The Morgan fingerprint density at radius 2 is 2.00 bits per heavy atom. The summed E-state index contributed by atoms with van der Waals surface area (Å²) in [7, 11) is 0. The topological polar surface area (TPSA) is 74.7 Å². The Balaban J connectivity index is 1.53. The lowest BCUT2D eigenvalue weighted by Crippen LogP contribution is -2.48. The van der Waals surface area contributed by atoms with Crippen molar-refractivity contribution in [1.82, 2.24) is 15.2 Å². The first-order chi connectivity index (χ1) is 14.2. The van der Waals surface area contributed by atoms with Crippen LogP contribution in [0.25, 0.3) is 0 Å². The van der Waals surface area contributed by atoms with Gasteiger partial charge >= 0.3 is 0 Å². The standard InChI is InChI=1S/C22H29N3O3S/c26-20-7-9-22(17-4-2-1-3-5-17,15-23-21(27)18-14-29-16-24-18)8-6-19(20)25-10-12-28-13-11-25/h1-5,14,16,19-20,26H,6-13,15H2,(H,23,27)/t19-,20-,22-/m1/s1. The number of carbonyl (C=O) groups excluding carboxylic acids is 1. The molecule has 7 heteroatoms. The van der Waals surface area contributed by atoms with Crippen LogP contribution in [0.15, 0.2) is 41.2 Å².